The van der Waals surface area contributed by atoms with Gasteiger partial charge in [0.05, 0.1) is 23.8 Å². The highest BCUT2D eigenvalue weighted by atomic mass is 79.9. The topological polar surface area (TPSA) is 73.9 Å². The number of ether oxygens (including phenoxy) is 3. The lowest BCUT2D eigenvalue weighted by atomic mass is 10.2. The highest BCUT2D eigenvalue weighted by Gasteiger charge is 2.19. The van der Waals surface area contributed by atoms with Gasteiger partial charge < -0.3 is 19.5 Å². The molecule has 1 aromatic rings. The molecule has 0 aliphatic heterocycles. The van der Waals surface area contributed by atoms with Gasteiger partial charge in [-0.25, -0.2) is 4.79 Å². The van der Waals surface area contributed by atoms with E-state index >= 15 is 0 Å². The Labute approximate surface area is 131 Å². The average molecular weight is 360 g/mol. The van der Waals surface area contributed by atoms with Crippen LogP contribution in [-0.2, 0) is 14.3 Å². The maximum Gasteiger partial charge on any atom is 0.338 e. The number of hydrogen-bond acceptors (Lipinski definition) is 5. The molecule has 6 nitrogen and oxygen atoms in total. The summed E-state index contributed by atoms with van der Waals surface area (Å²) < 4.78 is 15.6. The van der Waals surface area contributed by atoms with Crippen molar-refractivity contribution < 1.29 is 23.8 Å². The molecule has 21 heavy (non-hydrogen) atoms. The molecule has 0 aromatic heterocycles. The van der Waals surface area contributed by atoms with E-state index in [4.69, 9.17) is 14.2 Å². The number of halogens is 1. The number of esters is 1. The lowest BCUT2D eigenvalue weighted by Gasteiger charge is -2.13. The van der Waals surface area contributed by atoms with E-state index in [0.717, 1.165) is 0 Å². The van der Waals surface area contributed by atoms with E-state index in [2.05, 4.69) is 21.2 Å². The minimum atomic E-state index is -0.879. The molecule has 0 heterocycles. The SMILES string of the molecule is COCCNC(=O)[C@@H](C)OC(=O)c1ccc(OC)c(Br)c1. The summed E-state index contributed by atoms with van der Waals surface area (Å²) in [6.45, 7) is 2.28. The Morgan fingerprint density at radius 2 is 2.05 bits per heavy atom. The van der Waals surface area contributed by atoms with Crippen molar-refractivity contribution in [1.82, 2.24) is 5.32 Å². The number of carbonyl (C=O) groups is 2. The molecule has 0 saturated carbocycles. The Morgan fingerprint density at radius 3 is 2.62 bits per heavy atom. The second kappa shape index (κ2) is 8.63. The smallest absolute Gasteiger partial charge is 0.338 e. The zero-order valence-corrected chi connectivity index (χ0v) is 13.7. The quantitative estimate of drug-likeness (QED) is 0.593. The van der Waals surface area contributed by atoms with Crippen LogP contribution in [0.3, 0.4) is 0 Å². The minimum absolute atomic E-state index is 0.333. The molecule has 1 atom stereocenters. The van der Waals surface area contributed by atoms with E-state index in [1.54, 1.807) is 18.2 Å². The first-order chi connectivity index (χ1) is 9.99. The van der Waals surface area contributed by atoms with E-state index in [9.17, 15) is 9.59 Å². The summed E-state index contributed by atoms with van der Waals surface area (Å²) in [7, 11) is 3.07. The molecular formula is C14H18BrNO5. The minimum Gasteiger partial charge on any atom is -0.496 e. The number of amides is 1. The van der Waals surface area contributed by atoms with Crippen LogP contribution in [0.25, 0.3) is 0 Å². The molecule has 0 bridgehead atoms. The third-order valence-electron chi connectivity index (χ3n) is 2.65. The van der Waals surface area contributed by atoms with Crippen LogP contribution in [-0.4, -0.2) is 45.4 Å². The summed E-state index contributed by atoms with van der Waals surface area (Å²) in [6.07, 6.45) is -0.879. The summed E-state index contributed by atoms with van der Waals surface area (Å²) in [4.78, 5) is 23.6. The molecule has 7 heteroatoms. The molecule has 0 saturated heterocycles. The standard InChI is InChI=1S/C14H18BrNO5/c1-9(13(17)16-6-7-19-2)21-14(18)10-4-5-12(20-3)11(15)8-10/h4-5,8-9H,6-7H2,1-3H3,(H,16,17)/t9-/m1/s1. The number of rotatable bonds is 7. The van der Waals surface area contributed by atoms with Crippen molar-refractivity contribution in [3.8, 4) is 5.75 Å². The number of hydrogen-bond donors (Lipinski definition) is 1. The van der Waals surface area contributed by atoms with Crippen molar-refractivity contribution >= 4 is 27.8 Å². The molecule has 1 rings (SSSR count). The predicted molar refractivity (Wildman–Crippen MR) is 80.5 cm³/mol. The molecule has 1 aromatic carbocycles. The number of methoxy groups -OCH3 is 2. The molecular weight excluding hydrogens is 342 g/mol. The lowest BCUT2D eigenvalue weighted by molar-refractivity contribution is -0.129. The molecule has 0 aliphatic rings. The van der Waals surface area contributed by atoms with Crippen LogP contribution in [0.4, 0.5) is 0 Å². The first-order valence-corrected chi connectivity index (χ1v) is 7.10. The summed E-state index contributed by atoms with van der Waals surface area (Å²) in [5.41, 5.74) is 0.333. The molecule has 116 valence electrons. The molecule has 1 N–H and O–H groups in total. The molecule has 0 aliphatic carbocycles. The lowest BCUT2D eigenvalue weighted by Crippen LogP contribution is -2.37. The van der Waals surface area contributed by atoms with E-state index < -0.39 is 12.1 Å². The maximum absolute atomic E-state index is 12.0. The second-order valence-corrected chi connectivity index (χ2v) is 5.04. The molecule has 0 unspecified atom stereocenters. The monoisotopic (exact) mass is 359 g/mol. The molecule has 0 radical (unpaired) electrons. The van der Waals surface area contributed by atoms with Crippen molar-refractivity contribution in [2.24, 2.45) is 0 Å². The fraction of sp³-hybridized carbons (Fsp3) is 0.429. The average Bonchev–Trinajstić information content (AvgIpc) is 2.47. The third kappa shape index (κ3) is 5.35. The summed E-state index contributed by atoms with van der Waals surface area (Å²) in [6, 6.07) is 4.79. The van der Waals surface area contributed by atoms with Gasteiger partial charge in [0.1, 0.15) is 5.75 Å². The van der Waals surface area contributed by atoms with Crippen molar-refractivity contribution in [3.63, 3.8) is 0 Å². The van der Waals surface area contributed by atoms with Gasteiger partial charge in [-0.1, -0.05) is 0 Å². The summed E-state index contributed by atoms with van der Waals surface area (Å²) >= 11 is 3.29. The fourth-order valence-electron chi connectivity index (χ4n) is 1.50. The van der Waals surface area contributed by atoms with Crippen molar-refractivity contribution in [2.75, 3.05) is 27.4 Å². The zero-order chi connectivity index (χ0) is 15.8. The van der Waals surface area contributed by atoms with Gasteiger partial charge in [0.15, 0.2) is 6.10 Å². The maximum atomic E-state index is 12.0. The Hall–Kier alpha value is -1.60. The largest absolute Gasteiger partial charge is 0.496 e. The van der Waals surface area contributed by atoms with E-state index in [1.165, 1.54) is 21.1 Å². The van der Waals surface area contributed by atoms with Crippen LogP contribution < -0.4 is 10.1 Å². The molecule has 0 fully saturated rings. The fourth-order valence-corrected chi connectivity index (χ4v) is 2.04. The van der Waals surface area contributed by atoms with Crippen LogP contribution >= 0.6 is 15.9 Å². The zero-order valence-electron chi connectivity index (χ0n) is 12.1. The van der Waals surface area contributed by atoms with Crippen LogP contribution in [0, 0.1) is 0 Å². The van der Waals surface area contributed by atoms with Crippen LogP contribution in [0.15, 0.2) is 22.7 Å². The highest BCUT2D eigenvalue weighted by Crippen LogP contribution is 2.25. The predicted octanol–water partition coefficient (Wildman–Crippen LogP) is 1.77. The number of benzene rings is 1. The van der Waals surface area contributed by atoms with E-state index in [-0.39, 0.29) is 5.91 Å². The van der Waals surface area contributed by atoms with Crippen molar-refractivity contribution in [2.45, 2.75) is 13.0 Å². The van der Waals surface area contributed by atoms with Gasteiger partial charge in [0, 0.05) is 13.7 Å². The first-order valence-electron chi connectivity index (χ1n) is 6.30. The normalized spacial score (nSPS) is 11.6. The summed E-state index contributed by atoms with van der Waals surface area (Å²) in [5.74, 6) is -0.336. The van der Waals surface area contributed by atoms with Gasteiger partial charge in [-0.15, -0.1) is 0 Å². The van der Waals surface area contributed by atoms with Crippen molar-refractivity contribution in [1.29, 1.82) is 0 Å². The molecule has 0 spiro atoms. The van der Waals surface area contributed by atoms with Crippen LogP contribution in [0.1, 0.15) is 17.3 Å². The van der Waals surface area contributed by atoms with E-state index in [1.807, 2.05) is 0 Å². The van der Waals surface area contributed by atoms with Gasteiger partial charge in [-0.2, -0.15) is 0 Å². The van der Waals surface area contributed by atoms with Gasteiger partial charge in [-0.05, 0) is 41.1 Å². The highest BCUT2D eigenvalue weighted by molar-refractivity contribution is 9.10. The third-order valence-corrected chi connectivity index (χ3v) is 3.27. The Morgan fingerprint density at radius 1 is 1.33 bits per heavy atom. The number of nitrogens with one attached hydrogen (secondary N) is 1. The van der Waals surface area contributed by atoms with Crippen molar-refractivity contribution in [3.05, 3.63) is 28.2 Å². The Balaban J connectivity index is 2.59. The molecule has 1 amide bonds. The van der Waals surface area contributed by atoms with Gasteiger partial charge >= 0.3 is 5.97 Å². The van der Waals surface area contributed by atoms with Gasteiger partial charge in [0.25, 0.3) is 5.91 Å². The van der Waals surface area contributed by atoms with E-state index in [0.29, 0.717) is 28.9 Å². The number of carbonyl (C=O) groups excluding carboxylic acids is 2. The van der Waals surface area contributed by atoms with Crippen LogP contribution in [0.2, 0.25) is 0 Å². The second-order valence-electron chi connectivity index (χ2n) is 4.18. The first kappa shape index (κ1) is 17.5. The van der Waals surface area contributed by atoms with Gasteiger partial charge in [-0.3, -0.25) is 4.79 Å². The Kier molecular flexibility index (Phi) is 7.18. The summed E-state index contributed by atoms with van der Waals surface area (Å²) in [5, 5.41) is 2.60. The van der Waals surface area contributed by atoms with Gasteiger partial charge in [0.2, 0.25) is 0 Å². The Bertz CT molecular complexity index is 506. The van der Waals surface area contributed by atoms with Crippen LogP contribution in [0.5, 0.6) is 5.75 Å².